The van der Waals surface area contributed by atoms with Crippen LogP contribution in [0.4, 0.5) is 0 Å². The Morgan fingerprint density at radius 2 is 1.79 bits per heavy atom. The molecule has 34 heavy (non-hydrogen) atoms. The number of allylic oxidation sites excluding steroid dienone is 1. The molecule has 0 aliphatic heterocycles. The lowest BCUT2D eigenvalue weighted by Crippen LogP contribution is -2.54. The van der Waals surface area contributed by atoms with Gasteiger partial charge in [0.05, 0.1) is 12.7 Å². The first-order chi connectivity index (χ1) is 15.9. The number of aliphatic hydroxyl groups is 2. The van der Waals surface area contributed by atoms with E-state index in [0.717, 1.165) is 63.4 Å². The van der Waals surface area contributed by atoms with Gasteiger partial charge in [-0.2, -0.15) is 8.42 Å². The van der Waals surface area contributed by atoms with Gasteiger partial charge in [-0.1, -0.05) is 46.6 Å². The molecule has 4 rings (SSSR count). The van der Waals surface area contributed by atoms with Crippen molar-refractivity contribution in [2.75, 3.05) is 6.61 Å². The average Bonchev–Trinajstić information content (AvgIpc) is 3.10. The van der Waals surface area contributed by atoms with Crippen LogP contribution in [0.25, 0.3) is 0 Å². The fraction of sp³-hybridized carbons (Fsp3) is 0.926. The summed E-state index contributed by atoms with van der Waals surface area (Å²) in [6.07, 6.45) is 11.0. The number of fused-ring (bicyclic) bond motifs is 5. The van der Waals surface area contributed by atoms with Gasteiger partial charge in [-0.25, -0.2) is 4.18 Å². The SMILES string of the molecule is CC(C)CCC[C@@H](COS(=O)(=O)O)[C@H]1CCC2C3CC=C4[C@@H](O)[C@H](O)CC[C@]4(C)C3CC[C@@]21C. The summed E-state index contributed by atoms with van der Waals surface area (Å²) in [7, 11) is -4.44. The van der Waals surface area contributed by atoms with Crippen LogP contribution in [-0.4, -0.2) is 42.0 Å². The smallest absolute Gasteiger partial charge is 0.390 e. The average molecular weight is 499 g/mol. The van der Waals surface area contributed by atoms with Gasteiger partial charge in [-0.15, -0.1) is 0 Å². The van der Waals surface area contributed by atoms with Crippen molar-refractivity contribution in [3.8, 4) is 0 Å². The predicted octanol–water partition coefficient (Wildman–Crippen LogP) is 5.16. The van der Waals surface area contributed by atoms with Crippen molar-refractivity contribution in [2.24, 2.45) is 46.3 Å². The second-order valence-corrected chi connectivity index (χ2v) is 13.9. The Morgan fingerprint density at radius 1 is 1.06 bits per heavy atom. The van der Waals surface area contributed by atoms with Crippen LogP contribution >= 0.6 is 0 Å². The molecule has 9 atom stereocenters. The van der Waals surface area contributed by atoms with Gasteiger partial charge < -0.3 is 10.2 Å². The fourth-order valence-electron chi connectivity index (χ4n) is 8.90. The van der Waals surface area contributed by atoms with E-state index in [1.54, 1.807) is 0 Å². The topological polar surface area (TPSA) is 104 Å². The van der Waals surface area contributed by atoms with Crippen LogP contribution in [0.5, 0.6) is 0 Å². The molecule has 0 amide bonds. The molecule has 3 N–H and O–H groups in total. The number of hydrogen-bond acceptors (Lipinski definition) is 5. The molecule has 0 spiro atoms. The van der Waals surface area contributed by atoms with Gasteiger partial charge in [-0.05, 0) is 103 Å². The van der Waals surface area contributed by atoms with Crippen molar-refractivity contribution in [3.05, 3.63) is 11.6 Å². The van der Waals surface area contributed by atoms with Crippen LogP contribution < -0.4 is 0 Å². The Bertz CT molecular complexity index is 868. The molecule has 3 saturated carbocycles. The third-order valence-electron chi connectivity index (χ3n) is 10.6. The summed E-state index contributed by atoms with van der Waals surface area (Å²) in [6, 6.07) is 0. The molecule has 4 aliphatic carbocycles. The quantitative estimate of drug-likeness (QED) is 0.315. The van der Waals surface area contributed by atoms with Crippen LogP contribution in [0.3, 0.4) is 0 Å². The Hall–Kier alpha value is -0.470. The highest BCUT2D eigenvalue weighted by molar-refractivity contribution is 7.80. The summed E-state index contributed by atoms with van der Waals surface area (Å²) < 4.78 is 37.0. The zero-order chi connectivity index (χ0) is 24.9. The third-order valence-corrected chi connectivity index (χ3v) is 11.0. The molecule has 0 radical (unpaired) electrons. The van der Waals surface area contributed by atoms with Gasteiger partial charge in [0.25, 0.3) is 0 Å². The van der Waals surface area contributed by atoms with E-state index >= 15 is 0 Å². The molecule has 0 aromatic rings. The lowest BCUT2D eigenvalue weighted by atomic mass is 9.46. The number of hydrogen-bond donors (Lipinski definition) is 3. The Balaban J connectivity index is 1.55. The van der Waals surface area contributed by atoms with E-state index in [4.69, 9.17) is 4.18 Å². The summed E-state index contributed by atoms with van der Waals surface area (Å²) >= 11 is 0. The van der Waals surface area contributed by atoms with Crippen LogP contribution in [0, 0.1) is 46.3 Å². The van der Waals surface area contributed by atoms with E-state index in [-0.39, 0.29) is 23.4 Å². The summed E-state index contributed by atoms with van der Waals surface area (Å²) in [4.78, 5) is 0. The first-order valence-electron chi connectivity index (χ1n) is 13.6. The van der Waals surface area contributed by atoms with E-state index in [1.807, 2.05) is 0 Å². The molecular formula is C27H46O6S. The molecule has 3 unspecified atom stereocenters. The molecule has 7 heteroatoms. The highest BCUT2D eigenvalue weighted by Crippen LogP contribution is 2.67. The minimum absolute atomic E-state index is 0.0360. The monoisotopic (exact) mass is 498 g/mol. The largest absolute Gasteiger partial charge is 0.397 e. The van der Waals surface area contributed by atoms with E-state index in [0.29, 0.717) is 36.0 Å². The molecule has 0 heterocycles. The molecule has 196 valence electrons. The summed E-state index contributed by atoms with van der Waals surface area (Å²) in [5.41, 5.74) is 1.17. The van der Waals surface area contributed by atoms with Crippen molar-refractivity contribution in [3.63, 3.8) is 0 Å². The van der Waals surface area contributed by atoms with Crippen molar-refractivity contribution >= 4 is 10.4 Å². The highest BCUT2D eigenvalue weighted by Gasteiger charge is 2.60. The van der Waals surface area contributed by atoms with Crippen molar-refractivity contribution < 1.29 is 27.4 Å². The van der Waals surface area contributed by atoms with E-state index in [9.17, 15) is 23.2 Å². The summed E-state index contributed by atoms with van der Waals surface area (Å²) in [6.45, 7) is 9.24. The molecule has 0 bridgehead atoms. The van der Waals surface area contributed by atoms with Gasteiger partial charge in [0.1, 0.15) is 6.10 Å². The van der Waals surface area contributed by atoms with Crippen LogP contribution in [0.15, 0.2) is 11.6 Å². The number of aliphatic hydroxyl groups excluding tert-OH is 2. The number of rotatable bonds is 8. The maximum absolute atomic E-state index is 11.4. The van der Waals surface area contributed by atoms with Crippen LogP contribution in [-0.2, 0) is 14.6 Å². The highest BCUT2D eigenvalue weighted by atomic mass is 32.3. The summed E-state index contributed by atoms with van der Waals surface area (Å²) in [5, 5.41) is 21.0. The minimum atomic E-state index is -4.44. The first-order valence-corrected chi connectivity index (χ1v) is 14.9. The van der Waals surface area contributed by atoms with Gasteiger partial charge in [0.15, 0.2) is 0 Å². The predicted molar refractivity (Wildman–Crippen MR) is 132 cm³/mol. The maximum Gasteiger partial charge on any atom is 0.397 e. The maximum atomic E-state index is 11.4. The molecular weight excluding hydrogens is 452 g/mol. The third kappa shape index (κ3) is 4.89. The molecule has 0 aromatic heterocycles. The van der Waals surface area contributed by atoms with E-state index in [1.165, 1.54) is 0 Å². The zero-order valence-electron chi connectivity index (χ0n) is 21.4. The Kier molecular flexibility index (Phi) is 7.64. The normalized spacial score (nSPS) is 43.1. The van der Waals surface area contributed by atoms with E-state index in [2.05, 4.69) is 33.8 Å². The first kappa shape index (κ1) is 26.6. The lowest BCUT2D eigenvalue weighted by molar-refractivity contribution is -0.0824. The molecule has 4 aliphatic rings. The zero-order valence-corrected chi connectivity index (χ0v) is 22.3. The minimum Gasteiger partial charge on any atom is -0.390 e. The fourth-order valence-corrected chi connectivity index (χ4v) is 9.24. The van der Waals surface area contributed by atoms with Crippen molar-refractivity contribution in [2.45, 2.75) is 104 Å². The second-order valence-electron chi connectivity index (χ2n) is 12.8. The van der Waals surface area contributed by atoms with Gasteiger partial charge in [-0.3, -0.25) is 4.55 Å². The van der Waals surface area contributed by atoms with Gasteiger partial charge in [0, 0.05) is 0 Å². The Labute approximate surface area is 206 Å². The van der Waals surface area contributed by atoms with Gasteiger partial charge in [0.2, 0.25) is 0 Å². The van der Waals surface area contributed by atoms with E-state index < -0.39 is 22.6 Å². The Morgan fingerprint density at radius 3 is 2.47 bits per heavy atom. The lowest BCUT2D eigenvalue weighted by Gasteiger charge is -2.59. The second kappa shape index (κ2) is 9.77. The molecule has 0 aromatic carbocycles. The molecule has 0 saturated heterocycles. The molecule has 6 nitrogen and oxygen atoms in total. The standard InChI is InChI=1S/C27H46O6S/c1-17(2)6-5-7-18(16-33-34(30,31)32)20-10-11-21-19-8-9-23-25(29)24(28)13-15-27(23,4)22(19)12-14-26(20,21)3/h9,17-22,24-25,28-29H,5-8,10-16H2,1-4H3,(H,30,31,32)/t18-,19?,20+,21?,22?,24+,25+,26+,27+/m0/s1. The van der Waals surface area contributed by atoms with Crippen LogP contribution in [0.1, 0.15) is 91.9 Å². The van der Waals surface area contributed by atoms with Crippen LogP contribution in [0.2, 0.25) is 0 Å². The van der Waals surface area contributed by atoms with Crippen molar-refractivity contribution in [1.82, 2.24) is 0 Å². The van der Waals surface area contributed by atoms with Crippen molar-refractivity contribution in [1.29, 1.82) is 0 Å². The summed E-state index contributed by atoms with van der Waals surface area (Å²) in [5.74, 6) is 2.80. The molecule has 3 fully saturated rings. The van der Waals surface area contributed by atoms with Gasteiger partial charge >= 0.3 is 10.4 Å².